The Kier molecular flexibility index (Phi) is 5.73. The van der Waals surface area contributed by atoms with Crippen LogP contribution in [0.1, 0.15) is 22.7 Å². The van der Waals surface area contributed by atoms with Gasteiger partial charge in [0.25, 0.3) is 0 Å². The van der Waals surface area contributed by atoms with Crippen molar-refractivity contribution in [2.45, 2.75) is 19.5 Å². The molecule has 0 saturated carbocycles. The van der Waals surface area contributed by atoms with E-state index in [0.717, 1.165) is 16.7 Å². The Bertz CT molecular complexity index is 565. The van der Waals surface area contributed by atoms with E-state index in [-0.39, 0.29) is 18.3 Å². The zero-order valence-corrected chi connectivity index (χ0v) is 12.4. The lowest BCUT2D eigenvalue weighted by Crippen LogP contribution is -2.33. The van der Waals surface area contributed by atoms with Crippen LogP contribution in [0.5, 0.6) is 0 Å². The molecule has 0 fully saturated rings. The molecular formula is C14H19ClN4O. The zero-order valence-electron chi connectivity index (χ0n) is 11.5. The van der Waals surface area contributed by atoms with Crippen LogP contribution in [0.4, 0.5) is 0 Å². The average Bonchev–Trinajstić information content (AvgIpc) is 2.82. The molecule has 2 rings (SSSR count). The fourth-order valence-corrected chi connectivity index (χ4v) is 1.79. The molecule has 1 atom stereocenters. The number of hydrogen-bond donors (Lipinski definition) is 2. The van der Waals surface area contributed by atoms with Gasteiger partial charge in [0, 0.05) is 25.4 Å². The van der Waals surface area contributed by atoms with Gasteiger partial charge in [0.2, 0.25) is 5.91 Å². The van der Waals surface area contributed by atoms with Crippen LogP contribution >= 0.6 is 12.4 Å². The molecule has 1 aromatic heterocycles. The lowest BCUT2D eigenvalue weighted by atomic mass is 10.1. The molecule has 2 aromatic rings. The number of halogens is 1. The molecule has 0 saturated heterocycles. The minimum Gasteiger partial charge on any atom is -0.350 e. The predicted octanol–water partition coefficient (Wildman–Crippen LogP) is 1.47. The molecule has 108 valence electrons. The Hall–Kier alpha value is -1.85. The summed E-state index contributed by atoms with van der Waals surface area (Å²) in [5.74, 6) is -0.187. The molecule has 1 aromatic carbocycles. The van der Waals surface area contributed by atoms with Crippen molar-refractivity contribution in [1.82, 2.24) is 15.1 Å². The van der Waals surface area contributed by atoms with Gasteiger partial charge in [-0.1, -0.05) is 29.8 Å². The number of carbonyl (C=O) groups is 1. The van der Waals surface area contributed by atoms with Crippen molar-refractivity contribution >= 4 is 18.3 Å². The molecule has 0 radical (unpaired) electrons. The highest BCUT2D eigenvalue weighted by Gasteiger charge is 2.15. The van der Waals surface area contributed by atoms with Crippen molar-refractivity contribution in [2.24, 2.45) is 12.8 Å². The largest absolute Gasteiger partial charge is 0.350 e. The van der Waals surface area contributed by atoms with Crippen molar-refractivity contribution in [3.05, 3.63) is 53.3 Å². The first-order chi connectivity index (χ1) is 9.06. The lowest BCUT2D eigenvalue weighted by molar-refractivity contribution is -0.122. The first kappa shape index (κ1) is 16.2. The zero-order chi connectivity index (χ0) is 13.8. The number of amides is 1. The second kappa shape index (κ2) is 7.07. The van der Waals surface area contributed by atoms with E-state index in [0.29, 0.717) is 6.54 Å². The molecule has 6 heteroatoms. The molecule has 1 amide bonds. The van der Waals surface area contributed by atoms with Crippen LogP contribution < -0.4 is 11.1 Å². The minimum atomic E-state index is -0.641. The number of hydrogen-bond acceptors (Lipinski definition) is 3. The topological polar surface area (TPSA) is 72.9 Å². The monoisotopic (exact) mass is 294 g/mol. The molecule has 1 heterocycles. The maximum absolute atomic E-state index is 11.9. The van der Waals surface area contributed by atoms with Crippen LogP contribution in [0.15, 0.2) is 36.7 Å². The molecule has 0 aliphatic rings. The summed E-state index contributed by atoms with van der Waals surface area (Å²) in [6, 6.07) is 7.01. The summed E-state index contributed by atoms with van der Waals surface area (Å²) in [6.07, 6.45) is 3.58. The first-order valence-electron chi connectivity index (χ1n) is 6.13. The molecule has 0 aliphatic carbocycles. The van der Waals surface area contributed by atoms with Gasteiger partial charge in [0.05, 0.1) is 6.20 Å². The molecule has 0 spiro atoms. The van der Waals surface area contributed by atoms with Gasteiger partial charge in [-0.15, -0.1) is 12.4 Å². The predicted molar refractivity (Wildman–Crippen MR) is 80.4 cm³/mol. The van der Waals surface area contributed by atoms with Crippen LogP contribution in [0.2, 0.25) is 0 Å². The van der Waals surface area contributed by atoms with Crippen LogP contribution in [0.3, 0.4) is 0 Å². The summed E-state index contributed by atoms with van der Waals surface area (Å²) in [4.78, 5) is 11.9. The normalized spacial score (nSPS) is 11.6. The standard InChI is InChI=1S/C14H18N4O.ClH/c1-10-3-5-12(6-4-10)13(15)14(19)16-7-11-8-17-18(2)9-11;/h3-6,8-9,13H,7,15H2,1-2H3,(H,16,19);1H. The maximum atomic E-state index is 11.9. The molecule has 1 unspecified atom stereocenters. The van der Waals surface area contributed by atoms with E-state index in [4.69, 9.17) is 5.73 Å². The summed E-state index contributed by atoms with van der Waals surface area (Å²) >= 11 is 0. The number of nitrogens with zero attached hydrogens (tertiary/aromatic N) is 2. The second-order valence-electron chi connectivity index (χ2n) is 4.63. The number of aromatic nitrogens is 2. The highest BCUT2D eigenvalue weighted by molar-refractivity contribution is 5.85. The summed E-state index contributed by atoms with van der Waals surface area (Å²) in [5.41, 5.74) is 8.84. The summed E-state index contributed by atoms with van der Waals surface area (Å²) in [5, 5.41) is 6.85. The number of benzene rings is 1. The van der Waals surface area contributed by atoms with Crippen molar-refractivity contribution in [3.8, 4) is 0 Å². The van der Waals surface area contributed by atoms with Crippen molar-refractivity contribution < 1.29 is 4.79 Å². The number of nitrogens with two attached hydrogens (primary N) is 1. The highest BCUT2D eigenvalue weighted by atomic mass is 35.5. The van der Waals surface area contributed by atoms with E-state index in [9.17, 15) is 4.79 Å². The van der Waals surface area contributed by atoms with Gasteiger partial charge < -0.3 is 11.1 Å². The molecule has 20 heavy (non-hydrogen) atoms. The van der Waals surface area contributed by atoms with Gasteiger partial charge in [0.1, 0.15) is 6.04 Å². The van der Waals surface area contributed by atoms with Gasteiger partial charge in [-0.2, -0.15) is 5.10 Å². The lowest BCUT2D eigenvalue weighted by Gasteiger charge is -2.12. The van der Waals surface area contributed by atoms with Crippen LogP contribution in [0, 0.1) is 6.92 Å². The fourth-order valence-electron chi connectivity index (χ4n) is 1.79. The van der Waals surface area contributed by atoms with Gasteiger partial charge in [-0.25, -0.2) is 0 Å². The van der Waals surface area contributed by atoms with Crippen LogP contribution in [-0.2, 0) is 18.4 Å². The van der Waals surface area contributed by atoms with E-state index in [1.54, 1.807) is 10.9 Å². The van der Waals surface area contributed by atoms with E-state index >= 15 is 0 Å². The molecule has 3 N–H and O–H groups in total. The molecular weight excluding hydrogens is 276 g/mol. The van der Waals surface area contributed by atoms with Crippen LogP contribution in [-0.4, -0.2) is 15.7 Å². The van der Waals surface area contributed by atoms with Gasteiger partial charge in [-0.05, 0) is 12.5 Å². The summed E-state index contributed by atoms with van der Waals surface area (Å²) in [7, 11) is 1.84. The Morgan fingerprint density at radius 2 is 2.05 bits per heavy atom. The van der Waals surface area contributed by atoms with Crippen LogP contribution in [0.25, 0.3) is 0 Å². The van der Waals surface area contributed by atoms with Gasteiger partial charge >= 0.3 is 0 Å². The average molecular weight is 295 g/mol. The Labute approximate surface area is 124 Å². The third-order valence-corrected chi connectivity index (χ3v) is 2.94. The van der Waals surface area contributed by atoms with Crippen molar-refractivity contribution in [3.63, 3.8) is 0 Å². The number of rotatable bonds is 4. The highest BCUT2D eigenvalue weighted by Crippen LogP contribution is 2.11. The second-order valence-corrected chi connectivity index (χ2v) is 4.63. The van der Waals surface area contributed by atoms with E-state index in [2.05, 4.69) is 10.4 Å². The number of nitrogens with one attached hydrogen (secondary N) is 1. The van der Waals surface area contributed by atoms with E-state index < -0.39 is 6.04 Å². The Morgan fingerprint density at radius 1 is 1.40 bits per heavy atom. The smallest absolute Gasteiger partial charge is 0.241 e. The Balaban J connectivity index is 0.00000200. The first-order valence-corrected chi connectivity index (χ1v) is 6.13. The van der Waals surface area contributed by atoms with E-state index in [1.165, 1.54) is 0 Å². The molecule has 0 aliphatic heterocycles. The summed E-state index contributed by atoms with van der Waals surface area (Å²) in [6.45, 7) is 2.43. The Morgan fingerprint density at radius 3 is 2.60 bits per heavy atom. The third-order valence-electron chi connectivity index (χ3n) is 2.94. The number of aryl methyl sites for hydroxylation is 2. The molecule has 5 nitrogen and oxygen atoms in total. The SMILES string of the molecule is Cc1ccc(C(N)C(=O)NCc2cnn(C)c2)cc1.Cl. The van der Waals surface area contributed by atoms with Crippen molar-refractivity contribution in [1.29, 1.82) is 0 Å². The maximum Gasteiger partial charge on any atom is 0.241 e. The minimum absolute atomic E-state index is 0. The van der Waals surface area contributed by atoms with Gasteiger partial charge in [0.15, 0.2) is 0 Å². The van der Waals surface area contributed by atoms with Gasteiger partial charge in [-0.3, -0.25) is 9.48 Å². The fraction of sp³-hybridized carbons (Fsp3) is 0.286. The van der Waals surface area contributed by atoms with E-state index in [1.807, 2.05) is 44.4 Å². The van der Waals surface area contributed by atoms with Crippen molar-refractivity contribution in [2.75, 3.05) is 0 Å². The number of carbonyl (C=O) groups excluding carboxylic acids is 1. The third kappa shape index (κ3) is 4.08. The molecule has 0 bridgehead atoms. The quantitative estimate of drug-likeness (QED) is 0.897. The summed E-state index contributed by atoms with van der Waals surface area (Å²) < 4.78 is 1.70.